The van der Waals surface area contributed by atoms with E-state index < -0.39 is 12.1 Å². The molecule has 0 fully saturated rings. The smallest absolute Gasteiger partial charge is 0.317 e. The molecule has 0 aliphatic heterocycles. The molecule has 0 amide bonds. The lowest BCUT2D eigenvalue weighted by molar-refractivity contribution is -0.138. The first-order valence-corrected chi connectivity index (χ1v) is 4.47. The van der Waals surface area contributed by atoms with Gasteiger partial charge < -0.3 is 14.9 Å². The van der Waals surface area contributed by atoms with E-state index in [-0.39, 0.29) is 26.3 Å². The standard InChI is InChI=1S/C9H16FNO4/c1-11(6-9(13)14)5-8(12)7-15-4-2-3-10/h2-3,8,12H,4-7H2,1H3,(H,13,14). The molecule has 0 aromatic heterocycles. The normalized spacial score (nSPS) is 13.6. The summed E-state index contributed by atoms with van der Waals surface area (Å²) in [6, 6.07) is 0. The van der Waals surface area contributed by atoms with Gasteiger partial charge in [0, 0.05) is 6.54 Å². The molecule has 1 unspecified atom stereocenters. The zero-order chi connectivity index (χ0) is 11.7. The molecule has 0 radical (unpaired) electrons. The fourth-order valence-corrected chi connectivity index (χ4v) is 1.02. The van der Waals surface area contributed by atoms with E-state index in [9.17, 15) is 14.3 Å². The highest BCUT2D eigenvalue weighted by Crippen LogP contribution is 1.91. The molecule has 1 atom stereocenters. The van der Waals surface area contributed by atoms with Gasteiger partial charge in [-0.3, -0.25) is 9.69 Å². The average Bonchev–Trinajstić information content (AvgIpc) is 2.10. The zero-order valence-electron chi connectivity index (χ0n) is 8.60. The Morgan fingerprint density at radius 2 is 2.33 bits per heavy atom. The van der Waals surface area contributed by atoms with Crippen LogP contribution in [0.25, 0.3) is 0 Å². The van der Waals surface area contributed by atoms with Gasteiger partial charge in [0.1, 0.15) is 0 Å². The number of carbonyl (C=O) groups is 1. The number of carboxylic acids is 1. The second-order valence-corrected chi connectivity index (χ2v) is 3.14. The molecule has 0 saturated heterocycles. The van der Waals surface area contributed by atoms with E-state index in [4.69, 9.17) is 9.84 Å². The van der Waals surface area contributed by atoms with E-state index in [0.717, 1.165) is 0 Å². The second-order valence-electron chi connectivity index (χ2n) is 3.14. The van der Waals surface area contributed by atoms with Gasteiger partial charge in [-0.05, 0) is 13.1 Å². The van der Waals surface area contributed by atoms with Crippen LogP contribution in [0.5, 0.6) is 0 Å². The van der Waals surface area contributed by atoms with Crippen molar-refractivity contribution in [1.82, 2.24) is 4.90 Å². The summed E-state index contributed by atoms with van der Waals surface area (Å²) < 4.78 is 16.4. The molecular formula is C9H16FNO4. The molecule has 0 spiro atoms. The maximum atomic E-state index is 11.5. The molecule has 15 heavy (non-hydrogen) atoms. The highest BCUT2D eigenvalue weighted by molar-refractivity contribution is 5.68. The number of hydrogen-bond donors (Lipinski definition) is 2. The highest BCUT2D eigenvalue weighted by Gasteiger charge is 2.10. The highest BCUT2D eigenvalue weighted by atomic mass is 19.1. The molecule has 0 aromatic carbocycles. The molecule has 88 valence electrons. The largest absolute Gasteiger partial charge is 0.480 e. The lowest BCUT2D eigenvalue weighted by Crippen LogP contribution is -2.35. The summed E-state index contributed by atoms with van der Waals surface area (Å²) in [5, 5.41) is 17.8. The van der Waals surface area contributed by atoms with Gasteiger partial charge in [0.15, 0.2) is 0 Å². The second kappa shape index (κ2) is 8.34. The summed E-state index contributed by atoms with van der Waals surface area (Å²) in [4.78, 5) is 11.7. The molecule has 0 heterocycles. The minimum absolute atomic E-state index is 0.0499. The third-order valence-electron chi connectivity index (χ3n) is 1.54. The van der Waals surface area contributed by atoms with Crippen molar-refractivity contribution in [2.45, 2.75) is 6.10 Å². The summed E-state index contributed by atoms with van der Waals surface area (Å²) in [7, 11) is 1.58. The van der Waals surface area contributed by atoms with Crippen LogP contribution >= 0.6 is 0 Å². The monoisotopic (exact) mass is 221 g/mol. The maximum absolute atomic E-state index is 11.5. The quantitative estimate of drug-likeness (QED) is 0.558. The van der Waals surface area contributed by atoms with Crippen molar-refractivity contribution in [3.63, 3.8) is 0 Å². The van der Waals surface area contributed by atoms with Crippen molar-refractivity contribution in [2.24, 2.45) is 0 Å². The van der Waals surface area contributed by atoms with Gasteiger partial charge >= 0.3 is 5.97 Å². The third kappa shape index (κ3) is 9.33. The predicted molar refractivity (Wildman–Crippen MR) is 52.2 cm³/mol. The summed E-state index contributed by atoms with van der Waals surface area (Å²) in [6.07, 6.45) is 0.763. The van der Waals surface area contributed by atoms with E-state index >= 15 is 0 Å². The Morgan fingerprint density at radius 1 is 1.67 bits per heavy atom. The number of likely N-dealkylation sites (N-methyl/N-ethyl adjacent to an activating group) is 1. The Balaban J connectivity index is 3.54. The zero-order valence-corrected chi connectivity index (χ0v) is 8.60. The summed E-state index contributed by atoms with van der Waals surface area (Å²) in [5.41, 5.74) is 0. The van der Waals surface area contributed by atoms with E-state index in [2.05, 4.69) is 0 Å². The Morgan fingerprint density at radius 3 is 2.87 bits per heavy atom. The van der Waals surface area contributed by atoms with Crippen molar-refractivity contribution >= 4 is 5.97 Å². The van der Waals surface area contributed by atoms with E-state index in [0.29, 0.717) is 6.33 Å². The van der Waals surface area contributed by atoms with Gasteiger partial charge in [0.2, 0.25) is 0 Å². The van der Waals surface area contributed by atoms with Crippen LogP contribution in [0.4, 0.5) is 4.39 Å². The lowest BCUT2D eigenvalue weighted by atomic mass is 10.3. The van der Waals surface area contributed by atoms with Gasteiger partial charge in [-0.2, -0.15) is 0 Å². The van der Waals surface area contributed by atoms with Crippen LogP contribution in [0.15, 0.2) is 12.4 Å². The number of nitrogens with zero attached hydrogens (tertiary/aromatic N) is 1. The van der Waals surface area contributed by atoms with Crippen molar-refractivity contribution in [3.8, 4) is 0 Å². The Bertz CT molecular complexity index is 210. The van der Waals surface area contributed by atoms with Gasteiger partial charge in [0.05, 0.1) is 32.2 Å². The lowest BCUT2D eigenvalue weighted by Gasteiger charge is -2.18. The van der Waals surface area contributed by atoms with Crippen LogP contribution in [0.1, 0.15) is 0 Å². The SMILES string of the molecule is CN(CC(=O)O)CC(O)COCC=CF. The van der Waals surface area contributed by atoms with Crippen LogP contribution in [0, 0.1) is 0 Å². The van der Waals surface area contributed by atoms with Crippen LogP contribution in [-0.4, -0.2) is 60.5 Å². The Kier molecular flexibility index (Phi) is 7.79. The summed E-state index contributed by atoms with van der Waals surface area (Å²) in [6.45, 7) is 0.206. The first-order valence-electron chi connectivity index (χ1n) is 4.47. The first-order chi connectivity index (χ1) is 7.06. The molecule has 6 heteroatoms. The van der Waals surface area contributed by atoms with Crippen molar-refractivity contribution < 1.29 is 24.1 Å². The van der Waals surface area contributed by atoms with Crippen molar-refractivity contribution in [1.29, 1.82) is 0 Å². The van der Waals surface area contributed by atoms with Gasteiger partial charge in [-0.15, -0.1) is 0 Å². The molecule has 0 aliphatic rings. The number of halogens is 1. The minimum atomic E-state index is -0.953. The van der Waals surface area contributed by atoms with E-state index in [1.54, 1.807) is 7.05 Å². The molecule has 0 rings (SSSR count). The first kappa shape index (κ1) is 14.0. The van der Waals surface area contributed by atoms with Crippen LogP contribution in [-0.2, 0) is 9.53 Å². The minimum Gasteiger partial charge on any atom is -0.480 e. The number of aliphatic hydroxyl groups excluding tert-OH is 1. The Labute approximate surface area is 87.8 Å². The van der Waals surface area contributed by atoms with E-state index in [1.165, 1.54) is 11.0 Å². The Hall–Kier alpha value is -0.980. The summed E-state index contributed by atoms with van der Waals surface area (Å²) in [5.74, 6) is -0.953. The molecule has 2 N–H and O–H groups in total. The molecular weight excluding hydrogens is 205 g/mol. The maximum Gasteiger partial charge on any atom is 0.317 e. The average molecular weight is 221 g/mol. The van der Waals surface area contributed by atoms with Crippen LogP contribution < -0.4 is 0 Å². The fourth-order valence-electron chi connectivity index (χ4n) is 1.02. The number of ether oxygens (including phenoxy) is 1. The predicted octanol–water partition coefficient (Wildman–Crippen LogP) is -0.137. The number of aliphatic carboxylic acids is 1. The molecule has 0 saturated carbocycles. The number of aliphatic hydroxyl groups is 1. The van der Waals surface area contributed by atoms with Gasteiger partial charge in [0.25, 0.3) is 0 Å². The van der Waals surface area contributed by atoms with Crippen molar-refractivity contribution in [2.75, 3.05) is 33.4 Å². The topological polar surface area (TPSA) is 70.0 Å². The number of rotatable bonds is 8. The summed E-state index contributed by atoms with van der Waals surface area (Å²) >= 11 is 0. The molecule has 0 bridgehead atoms. The van der Waals surface area contributed by atoms with Crippen LogP contribution in [0.2, 0.25) is 0 Å². The van der Waals surface area contributed by atoms with Crippen LogP contribution in [0.3, 0.4) is 0 Å². The van der Waals surface area contributed by atoms with Gasteiger partial charge in [-0.1, -0.05) is 0 Å². The molecule has 5 nitrogen and oxygen atoms in total. The van der Waals surface area contributed by atoms with E-state index in [1.807, 2.05) is 0 Å². The number of carboxylic acid groups (broad SMARTS) is 1. The third-order valence-corrected chi connectivity index (χ3v) is 1.54. The molecule has 0 aliphatic carbocycles. The fraction of sp³-hybridized carbons (Fsp3) is 0.667. The molecule has 0 aromatic rings. The number of hydrogen-bond acceptors (Lipinski definition) is 4. The van der Waals surface area contributed by atoms with Gasteiger partial charge in [-0.25, -0.2) is 4.39 Å². The van der Waals surface area contributed by atoms with Crippen molar-refractivity contribution in [3.05, 3.63) is 12.4 Å².